The summed E-state index contributed by atoms with van der Waals surface area (Å²) in [5, 5.41) is 12.5. The molecule has 2 aromatic carbocycles. The van der Waals surface area contributed by atoms with Crippen LogP contribution in [-0.2, 0) is 4.79 Å². The molecule has 0 heterocycles. The molecule has 0 saturated carbocycles. The second kappa shape index (κ2) is 6.15. The van der Waals surface area contributed by atoms with Crippen LogP contribution < -0.4 is 5.32 Å². The van der Waals surface area contributed by atoms with Gasteiger partial charge in [-0.2, -0.15) is 0 Å². The zero-order valence-corrected chi connectivity index (χ0v) is 12.3. The zero-order valence-electron chi connectivity index (χ0n) is 10.7. The summed E-state index contributed by atoms with van der Waals surface area (Å²) in [7, 11) is 0. The summed E-state index contributed by atoms with van der Waals surface area (Å²) in [6, 6.07) is 11.3. The Hall–Kier alpha value is -1.72. The number of benzene rings is 2. The van der Waals surface area contributed by atoms with E-state index in [2.05, 4.69) is 21.2 Å². The van der Waals surface area contributed by atoms with Crippen molar-refractivity contribution in [1.82, 2.24) is 0 Å². The lowest BCUT2D eigenvalue weighted by molar-refractivity contribution is -0.124. The topological polar surface area (TPSA) is 49.3 Å². The average Bonchev–Trinajstić information content (AvgIpc) is 2.44. The van der Waals surface area contributed by atoms with Gasteiger partial charge < -0.3 is 10.4 Å². The highest BCUT2D eigenvalue weighted by Crippen LogP contribution is 2.25. The molecule has 0 aliphatic heterocycles. The molecule has 0 saturated heterocycles. The number of aryl methyl sites for hydroxylation is 1. The number of aliphatic hydroxyl groups is 1. The first-order chi connectivity index (χ1) is 9.49. The highest BCUT2D eigenvalue weighted by molar-refractivity contribution is 9.10. The van der Waals surface area contributed by atoms with Gasteiger partial charge in [0.2, 0.25) is 0 Å². The number of rotatable bonds is 3. The van der Waals surface area contributed by atoms with Crippen LogP contribution in [-0.4, -0.2) is 11.0 Å². The van der Waals surface area contributed by atoms with Gasteiger partial charge in [0.25, 0.3) is 5.91 Å². The Bertz CT molecular complexity index is 631. The van der Waals surface area contributed by atoms with Crippen LogP contribution in [0.25, 0.3) is 0 Å². The van der Waals surface area contributed by atoms with E-state index in [0.717, 1.165) is 0 Å². The number of aliphatic hydroxyl groups excluding tert-OH is 1. The van der Waals surface area contributed by atoms with Crippen molar-refractivity contribution in [3.8, 4) is 0 Å². The minimum atomic E-state index is -1.29. The van der Waals surface area contributed by atoms with Gasteiger partial charge in [-0.3, -0.25) is 4.79 Å². The first-order valence-corrected chi connectivity index (χ1v) is 6.78. The minimum absolute atomic E-state index is 0.330. The molecule has 104 valence electrons. The van der Waals surface area contributed by atoms with Gasteiger partial charge in [-0.25, -0.2) is 4.39 Å². The van der Waals surface area contributed by atoms with E-state index in [-0.39, 0.29) is 0 Å². The van der Waals surface area contributed by atoms with Crippen molar-refractivity contribution in [2.75, 3.05) is 5.32 Å². The maximum Gasteiger partial charge on any atom is 0.257 e. The third kappa shape index (κ3) is 3.23. The zero-order chi connectivity index (χ0) is 14.7. The van der Waals surface area contributed by atoms with Crippen LogP contribution in [0.4, 0.5) is 10.1 Å². The maximum atomic E-state index is 13.5. The van der Waals surface area contributed by atoms with Crippen LogP contribution in [0, 0.1) is 12.7 Å². The van der Waals surface area contributed by atoms with E-state index in [9.17, 15) is 14.3 Å². The second-order valence-electron chi connectivity index (χ2n) is 4.38. The highest BCUT2D eigenvalue weighted by Gasteiger charge is 2.18. The van der Waals surface area contributed by atoms with E-state index >= 15 is 0 Å². The molecule has 0 bridgehead atoms. The lowest BCUT2D eigenvalue weighted by atomic mass is 10.1. The molecule has 2 aromatic rings. The van der Waals surface area contributed by atoms with Crippen molar-refractivity contribution >= 4 is 27.5 Å². The van der Waals surface area contributed by atoms with Crippen molar-refractivity contribution in [1.29, 1.82) is 0 Å². The largest absolute Gasteiger partial charge is 0.378 e. The van der Waals surface area contributed by atoms with Crippen LogP contribution >= 0.6 is 15.9 Å². The molecule has 20 heavy (non-hydrogen) atoms. The molecule has 5 heteroatoms. The van der Waals surface area contributed by atoms with Crippen molar-refractivity contribution in [2.24, 2.45) is 0 Å². The normalized spacial score (nSPS) is 12.0. The Morgan fingerprint density at radius 1 is 1.30 bits per heavy atom. The number of carbonyl (C=O) groups excluding carboxylic acids is 1. The first kappa shape index (κ1) is 14.7. The van der Waals surface area contributed by atoms with Gasteiger partial charge in [0.1, 0.15) is 5.82 Å². The molecule has 0 aliphatic rings. The number of amides is 1. The molecule has 1 amide bonds. The van der Waals surface area contributed by atoms with Gasteiger partial charge in [-0.05, 0) is 46.1 Å². The van der Waals surface area contributed by atoms with Crippen LogP contribution in [0.3, 0.4) is 0 Å². The highest BCUT2D eigenvalue weighted by atomic mass is 79.9. The van der Waals surface area contributed by atoms with Gasteiger partial charge >= 0.3 is 0 Å². The van der Waals surface area contributed by atoms with E-state index in [4.69, 9.17) is 0 Å². The van der Waals surface area contributed by atoms with Gasteiger partial charge in [0.15, 0.2) is 6.10 Å². The molecule has 3 nitrogen and oxygen atoms in total. The van der Waals surface area contributed by atoms with Crippen LogP contribution in [0.15, 0.2) is 46.9 Å². The quantitative estimate of drug-likeness (QED) is 0.899. The molecule has 0 spiro atoms. The third-order valence-corrected chi connectivity index (χ3v) is 3.50. The Labute approximate surface area is 124 Å². The summed E-state index contributed by atoms with van der Waals surface area (Å²) in [4.78, 5) is 12.0. The van der Waals surface area contributed by atoms with E-state index in [0.29, 0.717) is 21.3 Å². The smallest absolute Gasteiger partial charge is 0.257 e. The number of anilines is 1. The SMILES string of the molecule is Cc1cc(Br)c(F)cc1NC(=O)C(O)c1ccccc1. The molecule has 1 atom stereocenters. The van der Waals surface area contributed by atoms with E-state index in [1.807, 2.05) is 0 Å². The van der Waals surface area contributed by atoms with Gasteiger partial charge in [0.05, 0.1) is 4.47 Å². The number of halogens is 2. The molecular formula is C15H13BrFNO2. The number of hydrogen-bond donors (Lipinski definition) is 2. The predicted molar refractivity (Wildman–Crippen MR) is 78.9 cm³/mol. The number of hydrogen-bond acceptors (Lipinski definition) is 2. The summed E-state index contributed by atoms with van der Waals surface area (Å²) in [5.41, 5.74) is 1.53. The third-order valence-electron chi connectivity index (χ3n) is 2.89. The summed E-state index contributed by atoms with van der Waals surface area (Å²) >= 11 is 3.07. The first-order valence-electron chi connectivity index (χ1n) is 5.98. The van der Waals surface area contributed by atoms with Crippen LogP contribution in [0.1, 0.15) is 17.2 Å². The van der Waals surface area contributed by atoms with Crippen molar-refractivity contribution in [3.05, 3.63) is 63.9 Å². The Morgan fingerprint density at radius 2 is 1.95 bits per heavy atom. The minimum Gasteiger partial charge on any atom is -0.378 e. The Morgan fingerprint density at radius 3 is 2.60 bits per heavy atom. The van der Waals surface area contributed by atoms with Crippen molar-refractivity contribution < 1.29 is 14.3 Å². The molecule has 0 aliphatic carbocycles. The summed E-state index contributed by atoms with van der Waals surface area (Å²) in [6.45, 7) is 1.74. The van der Waals surface area contributed by atoms with Gasteiger partial charge in [0, 0.05) is 5.69 Å². The Kier molecular flexibility index (Phi) is 4.52. The summed E-state index contributed by atoms with van der Waals surface area (Å²) in [5.74, 6) is -1.07. The fourth-order valence-electron chi connectivity index (χ4n) is 1.77. The molecule has 2 rings (SSSR count). The molecule has 2 N–H and O–H groups in total. The monoisotopic (exact) mass is 337 g/mol. The van der Waals surface area contributed by atoms with E-state index in [1.54, 1.807) is 43.3 Å². The van der Waals surface area contributed by atoms with Gasteiger partial charge in [-0.15, -0.1) is 0 Å². The fourth-order valence-corrected chi connectivity index (χ4v) is 2.23. The summed E-state index contributed by atoms with van der Waals surface area (Å²) in [6.07, 6.45) is -1.29. The lowest BCUT2D eigenvalue weighted by Gasteiger charge is -2.13. The fraction of sp³-hybridized carbons (Fsp3) is 0.133. The predicted octanol–water partition coefficient (Wildman–Crippen LogP) is 3.57. The number of carbonyl (C=O) groups is 1. The van der Waals surface area contributed by atoms with Gasteiger partial charge in [-0.1, -0.05) is 30.3 Å². The van der Waals surface area contributed by atoms with Crippen molar-refractivity contribution in [3.63, 3.8) is 0 Å². The molecule has 0 radical (unpaired) electrons. The van der Waals surface area contributed by atoms with Crippen LogP contribution in [0.5, 0.6) is 0 Å². The molecule has 1 unspecified atom stereocenters. The molecular weight excluding hydrogens is 325 g/mol. The average molecular weight is 338 g/mol. The summed E-state index contributed by atoms with van der Waals surface area (Å²) < 4.78 is 13.8. The van der Waals surface area contributed by atoms with E-state index < -0.39 is 17.8 Å². The standard InChI is InChI=1S/C15H13BrFNO2/c1-9-7-11(16)12(17)8-13(9)18-15(20)14(19)10-5-3-2-4-6-10/h2-8,14,19H,1H3,(H,18,20). The van der Waals surface area contributed by atoms with Crippen molar-refractivity contribution in [2.45, 2.75) is 13.0 Å². The van der Waals surface area contributed by atoms with E-state index in [1.165, 1.54) is 6.07 Å². The number of nitrogens with one attached hydrogen (secondary N) is 1. The Balaban J connectivity index is 2.18. The lowest BCUT2D eigenvalue weighted by Crippen LogP contribution is -2.21. The molecule has 0 aromatic heterocycles. The maximum absolute atomic E-state index is 13.5. The second-order valence-corrected chi connectivity index (χ2v) is 5.24. The van der Waals surface area contributed by atoms with Crippen LogP contribution in [0.2, 0.25) is 0 Å². The molecule has 0 fully saturated rings.